The van der Waals surface area contributed by atoms with E-state index in [0.717, 1.165) is 15.2 Å². The molecule has 2 aromatic rings. The largest absolute Gasteiger partial charge is 0.399 e. The highest BCUT2D eigenvalue weighted by Crippen LogP contribution is 2.19. The Balaban J connectivity index is 2.25. The lowest BCUT2D eigenvalue weighted by molar-refractivity contribution is 0.102. The lowest BCUT2D eigenvalue weighted by Gasteiger charge is -2.09. The van der Waals surface area contributed by atoms with Gasteiger partial charge >= 0.3 is 0 Å². The molecule has 0 atom stereocenters. The molecule has 0 spiro atoms. The Bertz CT molecular complexity index is 643. The first-order valence-corrected chi connectivity index (χ1v) is 6.68. The van der Waals surface area contributed by atoms with Crippen molar-refractivity contribution in [2.75, 3.05) is 11.1 Å². The maximum absolute atomic E-state index is 13.6. The monoisotopic (exact) mass is 370 g/mol. The number of benzene rings is 2. The number of rotatable bonds is 2. The summed E-state index contributed by atoms with van der Waals surface area (Å²) >= 11 is 2.19. The molecule has 0 unspecified atom stereocenters. The number of hydrogen-bond acceptors (Lipinski definition) is 2. The van der Waals surface area contributed by atoms with Crippen LogP contribution in [0.5, 0.6) is 0 Å². The van der Waals surface area contributed by atoms with E-state index in [4.69, 9.17) is 5.73 Å². The van der Waals surface area contributed by atoms with Gasteiger partial charge in [0, 0.05) is 14.9 Å². The van der Waals surface area contributed by atoms with Crippen LogP contribution in [0.1, 0.15) is 15.9 Å². The molecule has 3 nitrogen and oxygen atoms in total. The minimum atomic E-state index is -0.624. The summed E-state index contributed by atoms with van der Waals surface area (Å²) in [6.45, 7) is 1.89. The molecule has 19 heavy (non-hydrogen) atoms. The summed E-state index contributed by atoms with van der Waals surface area (Å²) in [5.41, 5.74) is 7.31. The van der Waals surface area contributed by atoms with Crippen LogP contribution in [0, 0.1) is 16.3 Å². The quantitative estimate of drug-likeness (QED) is 0.627. The van der Waals surface area contributed by atoms with E-state index in [2.05, 4.69) is 27.9 Å². The van der Waals surface area contributed by atoms with Crippen LogP contribution in [-0.2, 0) is 0 Å². The lowest BCUT2D eigenvalue weighted by Crippen LogP contribution is -2.14. The number of nitrogen functional groups attached to an aromatic ring is 1. The van der Waals surface area contributed by atoms with Crippen molar-refractivity contribution in [2.24, 2.45) is 0 Å². The minimum absolute atomic E-state index is 0.0212. The first kappa shape index (κ1) is 13.8. The summed E-state index contributed by atoms with van der Waals surface area (Å²) in [5.74, 6) is -1.11. The van der Waals surface area contributed by atoms with Crippen molar-refractivity contribution in [1.29, 1.82) is 0 Å². The molecular formula is C14H12FIN2O. The Labute approximate surface area is 124 Å². The van der Waals surface area contributed by atoms with Crippen LogP contribution in [0.15, 0.2) is 36.4 Å². The minimum Gasteiger partial charge on any atom is -0.399 e. The smallest absolute Gasteiger partial charge is 0.258 e. The van der Waals surface area contributed by atoms with Gasteiger partial charge in [0.05, 0.1) is 5.56 Å². The summed E-state index contributed by atoms with van der Waals surface area (Å²) in [7, 11) is 0. The number of nitrogens with two attached hydrogens (primary N) is 1. The van der Waals surface area contributed by atoms with Gasteiger partial charge in [-0.3, -0.25) is 4.79 Å². The van der Waals surface area contributed by atoms with Gasteiger partial charge in [-0.1, -0.05) is 0 Å². The van der Waals surface area contributed by atoms with E-state index >= 15 is 0 Å². The predicted octanol–water partition coefficient (Wildman–Crippen LogP) is 3.57. The third-order valence-electron chi connectivity index (χ3n) is 2.67. The summed E-state index contributed by atoms with van der Waals surface area (Å²) < 4.78 is 14.7. The molecule has 2 rings (SSSR count). The summed E-state index contributed by atoms with van der Waals surface area (Å²) in [4.78, 5) is 12.0. The normalized spacial score (nSPS) is 10.3. The second-order valence-electron chi connectivity index (χ2n) is 4.15. The van der Waals surface area contributed by atoms with E-state index in [0.29, 0.717) is 11.4 Å². The Morgan fingerprint density at radius 3 is 2.63 bits per heavy atom. The molecule has 0 radical (unpaired) electrons. The average molecular weight is 370 g/mol. The van der Waals surface area contributed by atoms with Crippen LogP contribution in [-0.4, -0.2) is 5.91 Å². The molecule has 2 aromatic carbocycles. The number of carbonyl (C=O) groups is 1. The number of hydrogen-bond donors (Lipinski definition) is 2. The summed E-state index contributed by atoms with van der Waals surface area (Å²) in [5, 5.41) is 2.69. The zero-order valence-corrected chi connectivity index (χ0v) is 12.4. The molecule has 98 valence electrons. The molecule has 3 N–H and O–H groups in total. The molecule has 0 heterocycles. The number of amides is 1. The van der Waals surface area contributed by atoms with Crippen LogP contribution >= 0.6 is 22.6 Å². The molecule has 5 heteroatoms. The Morgan fingerprint density at radius 2 is 2.00 bits per heavy atom. The predicted molar refractivity (Wildman–Crippen MR) is 82.7 cm³/mol. The van der Waals surface area contributed by atoms with Crippen molar-refractivity contribution in [2.45, 2.75) is 6.92 Å². The molecule has 0 saturated carbocycles. The van der Waals surface area contributed by atoms with E-state index in [1.807, 2.05) is 19.1 Å². The number of nitrogens with one attached hydrogen (secondary N) is 1. The van der Waals surface area contributed by atoms with Gasteiger partial charge in [-0.25, -0.2) is 4.39 Å². The number of carbonyl (C=O) groups excluding carboxylic acids is 1. The van der Waals surface area contributed by atoms with Gasteiger partial charge < -0.3 is 11.1 Å². The summed E-state index contributed by atoms with van der Waals surface area (Å²) in [6.07, 6.45) is 0. The van der Waals surface area contributed by atoms with Crippen LogP contribution in [0.25, 0.3) is 0 Å². The van der Waals surface area contributed by atoms with Gasteiger partial charge in [-0.2, -0.15) is 0 Å². The third kappa shape index (κ3) is 3.23. The van der Waals surface area contributed by atoms with E-state index in [-0.39, 0.29) is 5.56 Å². The molecule has 1 amide bonds. The van der Waals surface area contributed by atoms with Crippen molar-refractivity contribution in [1.82, 2.24) is 0 Å². The third-order valence-corrected chi connectivity index (χ3v) is 3.35. The number of aryl methyl sites for hydroxylation is 1. The van der Waals surface area contributed by atoms with Crippen LogP contribution in [0.2, 0.25) is 0 Å². The molecule has 0 aliphatic carbocycles. The zero-order chi connectivity index (χ0) is 14.0. The summed E-state index contributed by atoms with van der Waals surface area (Å²) in [6, 6.07) is 9.62. The maximum atomic E-state index is 13.6. The molecule has 0 aromatic heterocycles. The van der Waals surface area contributed by atoms with Gasteiger partial charge in [0.15, 0.2) is 0 Å². The van der Waals surface area contributed by atoms with Crippen LogP contribution in [0.3, 0.4) is 0 Å². The standard InChI is InChI=1S/C14H12FIN2O/c1-8-6-9(16)2-5-13(8)18-14(19)11-4-3-10(17)7-12(11)15/h2-7H,17H2,1H3,(H,18,19). The first-order chi connectivity index (χ1) is 8.97. The first-order valence-electron chi connectivity index (χ1n) is 5.60. The van der Waals surface area contributed by atoms with Crippen molar-refractivity contribution >= 4 is 39.9 Å². The molecule has 0 aliphatic rings. The van der Waals surface area contributed by atoms with Crippen molar-refractivity contribution in [3.63, 3.8) is 0 Å². The van der Waals surface area contributed by atoms with Crippen molar-refractivity contribution in [3.05, 3.63) is 56.9 Å². The number of halogens is 2. The Morgan fingerprint density at radius 1 is 1.26 bits per heavy atom. The average Bonchev–Trinajstić information content (AvgIpc) is 2.32. The number of anilines is 2. The van der Waals surface area contributed by atoms with E-state index in [1.54, 1.807) is 6.07 Å². The second-order valence-corrected chi connectivity index (χ2v) is 5.40. The van der Waals surface area contributed by atoms with Gasteiger partial charge in [0.2, 0.25) is 0 Å². The molecule has 0 saturated heterocycles. The molecule has 0 aliphatic heterocycles. The van der Waals surface area contributed by atoms with Crippen LogP contribution < -0.4 is 11.1 Å². The molecular weight excluding hydrogens is 358 g/mol. The fraction of sp³-hybridized carbons (Fsp3) is 0.0714. The Hall–Kier alpha value is -1.63. The topological polar surface area (TPSA) is 55.1 Å². The fourth-order valence-corrected chi connectivity index (χ4v) is 2.32. The maximum Gasteiger partial charge on any atom is 0.258 e. The Kier molecular flexibility index (Phi) is 4.04. The van der Waals surface area contributed by atoms with Gasteiger partial charge in [-0.15, -0.1) is 0 Å². The van der Waals surface area contributed by atoms with Gasteiger partial charge in [0.1, 0.15) is 5.82 Å². The highest BCUT2D eigenvalue weighted by molar-refractivity contribution is 14.1. The molecule has 0 bridgehead atoms. The van der Waals surface area contributed by atoms with E-state index < -0.39 is 11.7 Å². The van der Waals surface area contributed by atoms with Crippen LogP contribution in [0.4, 0.5) is 15.8 Å². The fourth-order valence-electron chi connectivity index (χ4n) is 1.67. The van der Waals surface area contributed by atoms with Crippen molar-refractivity contribution in [3.8, 4) is 0 Å². The molecule has 0 fully saturated rings. The van der Waals surface area contributed by atoms with Crippen molar-refractivity contribution < 1.29 is 9.18 Å². The highest BCUT2D eigenvalue weighted by Gasteiger charge is 2.12. The van der Waals surface area contributed by atoms with Gasteiger partial charge in [0.25, 0.3) is 5.91 Å². The van der Waals surface area contributed by atoms with E-state index in [9.17, 15) is 9.18 Å². The van der Waals surface area contributed by atoms with E-state index in [1.165, 1.54) is 12.1 Å². The van der Waals surface area contributed by atoms with Gasteiger partial charge in [-0.05, 0) is 71.5 Å². The zero-order valence-electron chi connectivity index (χ0n) is 10.2. The lowest BCUT2D eigenvalue weighted by atomic mass is 10.1. The second kappa shape index (κ2) is 5.56. The SMILES string of the molecule is Cc1cc(I)ccc1NC(=O)c1ccc(N)cc1F. The highest BCUT2D eigenvalue weighted by atomic mass is 127.